The first-order chi connectivity index (χ1) is 16.3. The van der Waals surface area contributed by atoms with Crippen molar-refractivity contribution in [3.63, 3.8) is 0 Å². The molecule has 1 aromatic carbocycles. The molecule has 0 unspecified atom stereocenters. The Labute approximate surface area is 202 Å². The van der Waals surface area contributed by atoms with E-state index in [-0.39, 0.29) is 11.3 Å². The first-order valence-corrected chi connectivity index (χ1v) is 12.6. The van der Waals surface area contributed by atoms with Crippen molar-refractivity contribution in [2.75, 3.05) is 0 Å². The largest absolute Gasteiger partial charge is 0.404 e. The van der Waals surface area contributed by atoms with Crippen LogP contribution in [0.2, 0.25) is 0 Å². The molecule has 0 saturated carbocycles. The molecule has 0 aliphatic rings. The van der Waals surface area contributed by atoms with Crippen LogP contribution in [-0.4, -0.2) is 30.2 Å². The lowest BCUT2D eigenvalue weighted by Crippen LogP contribution is -2.42. The zero-order chi connectivity index (χ0) is 25.7. The van der Waals surface area contributed by atoms with Crippen LogP contribution < -0.4 is 4.72 Å². The minimum Gasteiger partial charge on any atom is -0.298 e. The highest BCUT2D eigenvalue weighted by Gasteiger charge is 2.39. The number of pyridine rings is 1. The summed E-state index contributed by atoms with van der Waals surface area (Å²) in [4.78, 5) is 3.71. The molecule has 0 aliphatic heterocycles. The first kappa shape index (κ1) is 24.8. The normalized spacial score (nSPS) is 13.2. The molecule has 0 aliphatic carbocycles. The van der Waals surface area contributed by atoms with E-state index in [0.29, 0.717) is 29.1 Å². The van der Waals surface area contributed by atoms with Gasteiger partial charge < -0.3 is 0 Å². The monoisotopic (exact) mass is 522 g/mol. The maximum absolute atomic E-state index is 14.4. The highest BCUT2D eigenvalue weighted by Crippen LogP contribution is 2.39. The fourth-order valence-electron chi connectivity index (χ4n) is 3.62. The second-order valence-corrected chi connectivity index (χ2v) is 10.6. The summed E-state index contributed by atoms with van der Waals surface area (Å²) >= 11 is 1.40. The van der Waals surface area contributed by atoms with Gasteiger partial charge in [0.1, 0.15) is 27.8 Å². The molecule has 12 heteroatoms. The summed E-state index contributed by atoms with van der Waals surface area (Å²) in [6, 6.07) is 7.00. The molecule has 0 bridgehead atoms. The van der Waals surface area contributed by atoms with E-state index in [4.69, 9.17) is 0 Å². The van der Waals surface area contributed by atoms with E-state index in [1.165, 1.54) is 23.5 Å². The maximum atomic E-state index is 14.4. The minimum atomic E-state index is -4.75. The summed E-state index contributed by atoms with van der Waals surface area (Å²) < 4.78 is 81.1. The molecule has 0 saturated heterocycles. The topological polar surface area (TPSA) is 87.8 Å². The SMILES string of the molecule is Cc1cc2c(cc1F)c(C#N)c(-c1ccc(S(=O)(=O)N[C@@H](C)C(F)(F)F)cn1)n2-c1sccc1C. The van der Waals surface area contributed by atoms with Crippen LogP contribution in [0.4, 0.5) is 17.6 Å². The van der Waals surface area contributed by atoms with Crippen LogP contribution in [0.25, 0.3) is 27.3 Å². The Balaban J connectivity index is 1.91. The van der Waals surface area contributed by atoms with E-state index in [1.54, 1.807) is 22.3 Å². The van der Waals surface area contributed by atoms with Gasteiger partial charge in [0.05, 0.1) is 22.5 Å². The lowest BCUT2D eigenvalue weighted by atomic mass is 10.1. The molecule has 35 heavy (non-hydrogen) atoms. The van der Waals surface area contributed by atoms with E-state index >= 15 is 0 Å². The number of nitrogens with one attached hydrogen (secondary N) is 1. The van der Waals surface area contributed by atoms with Crippen LogP contribution in [0.1, 0.15) is 23.6 Å². The number of benzene rings is 1. The number of nitriles is 1. The molecule has 6 nitrogen and oxygen atoms in total. The quantitative estimate of drug-likeness (QED) is 0.345. The average molecular weight is 523 g/mol. The Bertz CT molecular complexity index is 1580. The van der Waals surface area contributed by atoms with E-state index < -0.39 is 33.0 Å². The van der Waals surface area contributed by atoms with Gasteiger partial charge in [-0.15, -0.1) is 11.3 Å². The number of aromatic nitrogens is 2. The molecular formula is C23H18F4N4O2S2. The van der Waals surface area contributed by atoms with Gasteiger partial charge in [-0.3, -0.25) is 9.55 Å². The Kier molecular flexibility index (Phi) is 6.21. The molecule has 0 fully saturated rings. The summed E-state index contributed by atoms with van der Waals surface area (Å²) in [5.41, 5.74) is 2.49. The zero-order valence-electron chi connectivity index (χ0n) is 18.6. The molecule has 4 rings (SSSR count). The van der Waals surface area contributed by atoms with Crippen LogP contribution in [0.3, 0.4) is 0 Å². The number of rotatable bonds is 5. The van der Waals surface area contributed by atoms with Crippen molar-refractivity contribution >= 4 is 32.3 Å². The van der Waals surface area contributed by atoms with Crippen LogP contribution in [0, 0.1) is 31.0 Å². The van der Waals surface area contributed by atoms with Crippen molar-refractivity contribution in [1.29, 1.82) is 5.26 Å². The number of halogens is 4. The highest BCUT2D eigenvalue weighted by atomic mass is 32.2. The van der Waals surface area contributed by atoms with Gasteiger partial charge in [-0.1, -0.05) is 0 Å². The Morgan fingerprint density at radius 1 is 1.17 bits per heavy atom. The number of alkyl halides is 3. The number of fused-ring (bicyclic) bond motifs is 1. The van der Waals surface area contributed by atoms with Gasteiger partial charge in [-0.2, -0.15) is 23.2 Å². The molecule has 4 aromatic rings. The molecule has 1 atom stereocenters. The third-order valence-corrected chi connectivity index (χ3v) is 8.04. The van der Waals surface area contributed by atoms with Crippen molar-refractivity contribution < 1.29 is 26.0 Å². The number of nitrogens with zero attached hydrogens (tertiary/aromatic N) is 3. The van der Waals surface area contributed by atoms with Crippen molar-refractivity contribution in [2.24, 2.45) is 0 Å². The van der Waals surface area contributed by atoms with Gasteiger partial charge in [0.2, 0.25) is 10.0 Å². The summed E-state index contributed by atoms with van der Waals surface area (Å²) in [5, 5.41) is 12.9. The summed E-state index contributed by atoms with van der Waals surface area (Å²) in [6.07, 6.45) is -3.83. The molecule has 0 spiro atoms. The van der Waals surface area contributed by atoms with Crippen LogP contribution in [-0.2, 0) is 10.0 Å². The Morgan fingerprint density at radius 2 is 1.89 bits per heavy atom. The summed E-state index contributed by atoms with van der Waals surface area (Å²) in [6.45, 7) is 4.17. The lowest BCUT2D eigenvalue weighted by Gasteiger charge is -2.17. The molecular weight excluding hydrogens is 504 g/mol. The third kappa shape index (κ3) is 4.42. The number of hydrogen-bond acceptors (Lipinski definition) is 5. The second kappa shape index (κ2) is 8.75. The highest BCUT2D eigenvalue weighted by molar-refractivity contribution is 7.89. The fourth-order valence-corrected chi connectivity index (χ4v) is 5.74. The van der Waals surface area contributed by atoms with Crippen molar-refractivity contribution in [2.45, 2.75) is 37.9 Å². The number of thiophene rings is 1. The molecule has 0 amide bonds. The fraction of sp³-hybridized carbons (Fsp3) is 0.217. The molecule has 3 heterocycles. The third-order valence-electron chi connectivity index (χ3n) is 5.51. The van der Waals surface area contributed by atoms with Crippen molar-refractivity contribution in [1.82, 2.24) is 14.3 Å². The van der Waals surface area contributed by atoms with Gasteiger partial charge in [0, 0.05) is 11.6 Å². The van der Waals surface area contributed by atoms with Crippen molar-refractivity contribution in [3.05, 3.63) is 64.4 Å². The summed E-state index contributed by atoms with van der Waals surface area (Å²) in [7, 11) is -4.51. The standard InChI is InChI=1S/C23H18F4N4O2S2/c1-12-6-7-34-22(12)31-20-8-13(2)18(24)9-16(20)17(10-28)21(31)19-5-4-15(11-29-19)35(32,33)30-14(3)23(25,26)27/h4-9,11,14,30H,1-3H3/t14-/m0/s1. The predicted molar refractivity (Wildman–Crippen MR) is 124 cm³/mol. The second-order valence-electron chi connectivity index (χ2n) is 7.96. The van der Waals surface area contributed by atoms with Gasteiger partial charge in [0.15, 0.2) is 0 Å². The molecule has 3 aromatic heterocycles. The van der Waals surface area contributed by atoms with E-state index in [2.05, 4.69) is 11.1 Å². The molecule has 182 valence electrons. The number of sulfonamides is 1. The maximum Gasteiger partial charge on any atom is 0.404 e. The van der Waals surface area contributed by atoms with Gasteiger partial charge in [0.25, 0.3) is 0 Å². The van der Waals surface area contributed by atoms with Crippen LogP contribution >= 0.6 is 11.3 Å². The van der Waals surface area contributed by atoms with E-state index in [1.807, 2.05) is 18.4 Å². The number of hydrogen-bond donors (Lipinski definition) is 1. The van der Waals surface area contributed by atoms with Gasteiger partial charge in [-0.05, 0) is 67.6 Å². The Morgan fingerprint density at radius 3 is 2.43 bits per heavy atom. The van der Waals surface area contributed by atoms with E-state index in [0.717, 1.165) is 22.8 Å². The van der Waals surface area contributed by atoms with E-state index in [9.17, 15) is 31.2 Å². The van der Waals surface area contributed by atoms with Gasteiger partial charge >= 0.3 is 6.18 Å². The minimum absolute atomic E-state index is 0.138. The zero-order valence-corrected chi connectivity index (χ0v) is 20.2. The van der Waals surface area contributed by atoms with Crippen LogP contribution in [0.15, 0.2) is 46.8 Å². The average Bonchev–Trinajstić information content (AvgIpc) is 3.33. The molecule has 0 radical (unpaired) electrons. The summed E-state index contributed by atoms with van der Waals surface area (Å²) in [5.74, 6) is -0.486. The lowest BCUT2D eigenvalue weighted by molar-refractivity contribution is -0.147. The molecule has 1 N–H and O–H groups in total. The predicted octanol–water partition coefficient (Wildman–Crippen LogP) is 5.61. The van der Waals surface area contributed by atoms with Gasteiger partial charge in [-0.25, -0.2) is 12.8 Å². The number of aryl methyl sites for hydroxylation is 2. The van der Waals surface area contributed by atoms with Crippen molar-refractivity contribution in [3.8, 4) is 22.5 Å². The first-order valence-electron chi connectivity index (χ1n) is 10.2. The Hall–Kier alpha value is -3.27. The smallest absolute Gasteiger partial charge is 0.298 e. The van der Waals surface area contributed by atoms with Crippen LogP contribution in [0.5, 0.6) is 0 Å².